The Morgan fingerprint density at radius 1 is 1.03 bits per heavy atom. The van der Waals surface area contributed by atoms with E-state index in [9.17, 15) is 23.5 Å². The number of aromatic hydroxyl groups is 1. The highest BCUT2D eigenvalue weighted by atomic mass is 19.1. The van der Waals surface area contributed by atoms with Crippen LogP contribution in [0.4, 0.5) is 13.6 Å². The average molecular weight is 509 g/mol. The maximum atomic E-state index is 14.0. The fraction of sp³-hybridized carbons (Fsp3) is 0.296. The van der Waals surface area contributed by atoms with Crippen LogP contribution in [0.25, 0.3) is 0 Å². The third-order valence-electron chi connectivity index (χ3n) is 6.75. The molecule has 37 heavy (non-hydrogen) atoms. The second kappa shape index (κ2) is 10.4. The average Bonchev–Trinajstić information content (AvgIpc) is 3.15. The molecule has 1 aromatic heterocycles. The smallest absolute Gasteiger partial charge is 0.318 e. The molecule has 5 rings (SSSR count). The van der Waals surface area contributed by atoms with Gasteiger partial charge in [0.05, 0.1) is 6.20 Å². The van der Waals surface area contributed by atoms with Crippen molar-refractivity contribution < 1.29 is 28.2 Å². The Labute approximate surface area is 212 Å². The van der Waals surface area contributed by atoms with Crippen molar-refractivity contribution in [1.29, 1.82) is 0 Å². The summed E-state index contributed by atoms with van der Waals surface area (Å²) in [5.74, 6) is -1.34. The molecule has 0 saturated carbocycles. The van der Waals surface area contributed by atoms with Gasteiger partial charge in [-0.1, -0.05) is 12.1 Å². The van der Waals surface area contributed by atoms with Gasteiger partial charge in [0.25, 0.3) is 5.91 Å². The van der Waals surface area contributed by atoms with E-state index in [1.165, 1.54) is 24.3 Å². The first-order valence-corrected chi connectivity index (χ1v) is 12.1. The van der Waals surface area contributed by atoms with Crippen LogP contribution in [-0.2, 0) is 6.54 Å². The number of aromatic nitrogens is 1. The minimum Gasteiger partial charge on any atom is -0.508 e. The Balaban J connectivity index is 1.22. The van der Waals surface area contributed by atoms with E-state index in [2.05, 4.69) is 15.6 Å². The van der Waals surface area contributed by atoms with Crippen LogP contribution in [0.2, 0.25) is 0 Å². The molecule has 2 aromatic carbocycles. The number of nitrogens with one attached hydrogen (secondary N) is 2. The van der Waals surface area contributed by atoms with Gasteiger partial charge in [0.2, 0.25) is 5.88 Å². The van der Waals surface area contributed by atoms with E-state index in [-0.39, 0.29) is 47.1 Å². The molecule has 0 aliphatic carbocycles. The van der Waals surface area contributed by atoms with Gasteiger partial charge in [-0.2, -0.15) is 0 Å². The Morgan fingerprint density at radius 3 is 2.46 bits per heavy atom. The lowest BCUT2D eigenvalue weighted by Gasteiger charge is -2.39. The summed E-state index contributed by atoms with van der Waals surface area (Å²) in [6.45, 7) is 0.298. The first kappa shape index (κ1) is 24.5. The van der Waals surface area contributed by atoms with Crippen LogP contribution in [-0.4, -0.2) is 45.1 Å². The summed E-state index contributed by atoms with van der Waals surface area (Å²) in [4.78, 5) is 31.8. The summed E-state index contributed by atoms with van der Waals surface area (Å²) >= 11 is 0. The summed E-state index contributed by atoms with van der Waals surface area (Å²) in [6, 6.07) is 12.5. The minimum absolute atomic E-state index is 0.0335. The van der Waals surface area contributed by atoms with Crippen LogP contribution in [0.15, 0.2) is 60.8 Å². The van der Waals surface area contributed by atoms with Gasteiger partial charge in [0.1, 0.15) is 28.7 Å². The number of rotatable bonds is 6. The monoisotopic (exact) mass is 508 g/mol. The number of phenolic OH excluding ortho intramolecular Hbond substituents is 1. The molecule has 0 radical (unpaired) electrons. The largest absolute Gasteiger partial charge is 0.508 e. The number of ether oxygens (including phenoxy) is 1. The quantitative estimate of drug-likeness (QED) is 0.455. The normalized spacial score (nSPS) is 20.4. The number of benzene rings is 2. The summed E-state index contributed by atoms with van der Waals surface area (Å²) < 4.78 is 32.8. The van der Waals surface area contributed by atoms with E-state index in [0.717, 1.165) is 30.7 Å². The number of pyridine rings is 1. The van der Waals surface area contributed by atoms with Gasteiger partial charge >= 0.3 is 6.03 Å². The van der Waals surface area contributed by atoms with Crippen LogP contribution >= 0.6 is 0 Å². The molecule has 8 nitrogen and oxygen atoms in total. The maximum absolute atomic E-state index is 14.0. The van der Waals surface area contributed by atoms with Gasteiger partial charge in [0.15, 0.2) is 0 Å². The Hall–Kier alpha value is -4.21. The van der Waals surface area contributed by atoms with Crippen LogP contribution < -0.4 is 15.4 Å². The molecule has 10 heteroatoms. The van der Waals surface area contributed by atoms with Gasteiger partial charge < -0.3 is 25.4 Å². The Bertz CT molecular complexity index is 1290. The zero-order valence-corrected chi connectivity index (χ0v) is 19.9. The van der Waals surface area contributed by atoms with Crippen molar-refractivity contribution >= 4 is 11.9 Å². The number of fused-ring (bicyclic) bond motifs is 2. The van der Waals surface area contributed by atoms with Gasteiger partial charge in [0, 0.05) is 24.7 Å². The lowest BCUT2D eigenvalue weighted by molar-refractivity contribution is 0.0881. The molecule has 0 spiro atoms. The van der Waals surface area contributed by atoms with E-state index in [1.54, 1.807) is 18.2 Å². The highest BCUT2D eigenvalue weighted by Crippen LogP contribution is 2.36. The number of urea groups is 1. The zero-order chi connectivity index (χ0) is 25.9. The number of hydrogen-bond acceptors (Lipinski definition) is 5. The second-order valence-corrected chi connectivity index (χ2v) is 9.32. The SMILES string of the molecule is O=C(NC1CC2CCC(C1)N2C(=O)NCc1cccc(O)c1)c1cc(F)cnc1Oc1ccc(F)cc1. The first-order valence-electron chi connectivity index (χ1n) is 12.1. The van der Waals surface area contributed by atoms with Crippen molar-refractivity contribution in [2.24, 2.45) is 0 Å². The third kappa shape index (κ3) is 5.63. The molecule has 3 amide bonds. The number of halogens is 2. The maximum Gasteiger partial charge on any atom is 0.318 e. The molecule has 2 saturated heterocycles. The molecule has 3 aromatic rings. The lowest BCUT2D eigenvalue weighted by Crippen LogP contribution is -2.54. The van der Waals surface area contributed by atoms with Gasteiger partial charge in [-0.25, -0.2) is 18.6 Å². The number of carbonyl (C=O) groups excluding carboxylic acids is 2. The van der Waals surface area contributed by atoms with Crippen molar-refractivity contribution in [3.05, 3.63) is 83.6 Å². The van der Waals surface area contributed by atoms with E-state index < -0.39 is 17.5 Å². The molecule has 2 atom stereocenters. The van der Waals surface area contributed by atoms with Crippen LogP contribution in [0, 0.1) is 11.6 Å². The molecule has 3 N–H and O–H groups in total. The molecular formula is C27H26F2N4O4. The van der Waals surface area contributed by atoms with Crippen molar-refractivity contribution in [3.8, 4) is 17.4 Å². The number of nitrogens with zero attached hydrogens (tertiary/aromatic N) is 2. The van der Waals surface area contributed by atoms with Gasteiger partial charge in [-0.15, -0.1) is 0 Å². The highest BCUT2D eigenvalue weighted by Gasteiger charge is 2.43. The Morgan fingerprint density at radius 2 is 1.76 bits per heavy atom. The molecule has 2 fully saturated rings. The lowest BCUT2D eigenvalue weighted by atomic mass is 9.97. The molecule has 3 heterocycles. The van der Waals surface area contributed by atoms with E-state index in [4.69, 9.17) is 4.74 Å². The molecular weight excluding hydrogens is 482 g/mol. The molecule has 2 unspecified atom stereocenters. The van der Waals surface area contributed by atoms with Crippen molar-refractivity contribution in [1.82, 2.24) is 20.5 Å². The standard InChI is InChI=1S/C27H26F2N4O4/c28-17-4-8-23(9-5-17)37-26-24(11-18(29)15-30-26)25(35)32-19-12-20-6-7-21(13-19)33(20)27(36)31-14-16-2-1-3-22(34)10-16/h1-5,8-11,15,19-21,34H,6-7,12-14H2,(H,31,36)(H,32,35). The summed E-state index contributed by atoms with van der Waals surface area (Å²) in [6.07, 6.45) is 3.75. The fourth-order valence-corrected chi connectivity index (χ4v) is 5.11. The van der Waals surface area contributed by atoms with Crippen molar-refractivity contribution in [2.75, 3.05) is 0 Å². The predicted octanol–water partition coefficient (Wildman–Crippen LogP) is 4.49. The predicted molar refractivity (Wildman–Crippen MR) is 130 cm³/mol. The van der Waals surface area contributed by atoms with E-state index >= 15 is 0 Å². The number of phenols is 1. The van der Waals surface area contributed by atoms with Crippen molar-refractivity contribution in [3.63, 3.8) is 0 Å². The van der Waals surface area contributed by atoms with Crippen molar-refractivity contribution in [2.45, 2.75) is 50.4 Å². The van der Waals surface area contributed by atoms with Crippen LogP contribution in [0.5, 0.6) is 17.4 Å². The van der Waals surface area contributed by atoms with Crippen LogP contribution in [0.1, 0.15) is 41.6 Å². The van der Waals surface area contributed by atoms with E-state index in [0.29, 0.717) is 19.4 Å². The molecule has 2 aliphatic rings. The number of hydrogen-bond donors (Lipinski definition) is 3. The number of carbonyl (C=O) groups is 2. The second-order valence-electron chi connectivity index (χ2n) is 9.32. The van der Waals surface area contributed by atoms with Gasteiger partial charge in [-0.3, -0.25) is 4.79 Å². The fourth-order valence-electron chi connectivity index (χ4n) is 5.11. The Kier molecular flexibility index (Phi) is 6.89. The van der Waals surface area contributed by atoms with Crippen LogP contribution in [0.3, 0.4) is 0 Å². The summed E-state index contributed by atoms with van der Waals surface area (Å²) in [7, 11) is 0. The van der Waals surface area contributed by atoms with Gasteiger partial charge in [-0.05, 0) is 73.7 Å². The zero-order valence-electron chi connectivity index (χ0n) is 19.9. The topological polar surface area (TPSA) is 104 Å². The molecule has 2 bridgehead atoms. The molecule has 2 aliphatic heterocycles. The third-order valence-corrected chi connectivity index (χ3v) is 6.75. The minimum atomic E-state index is -0.685. The first-order chi connectivity index (χ1) is 17.9. The summed E-state index contributed by atoms with van der Waals surface area (Å²) in [5.41, 5.74) is 0.730. The van der Waals surface area contributed by atoms with E-state index in [1.807, 2.05) is 11.0 Å². The summed E-state index contributed by atoms with van der Waals surface area (Å²) in [5, 5.41) is 15.5. The number of amides is 3. The molecule has 192 valence electrons. The number of piperidine rings is 1. The highest BCUT2D eigenvalue weighted by molar-refractivity contribution is 5.96.